The van der Waals surface area contributed by atoms with Crippen LogP contribution >= 0.6 is 31.9 Å². The van der Waals surface area contributed by atoms with Gasteiger partial charge in [0.15, 0.2) is 0 Å². The molecule has 0 spiro atoms. The van der Waals surface area contributed by atoms with Crippen molar-refractivity contribution in [2.45, 2.75) is 6.10 Å². The quantitative estimate of drug-likeness (QED) is 0.759. The Bertz CT molecular complexity index is 527. The van der Waals surface area contributed by atoms with E-state index in [0.29, 0.717) is 0 Å². The summed E-state index contributed by atoms with van der Waals surface area (Å²) in [5.41, 5.74) is 4.20. The van der Waals surface area contributed by atoms with E-state index in [-0.39, 0.29) is 0 Å². The Morgan fingerprint density at radius 3 is 1.69 bits per heavy atom. The molecule has 1 nitrogen and oxygen atoms in total. The number of aliphatic hydroxyl groups excluding tert-OH is 1. The smallest absolute Gasteiger partial charge is 0.105 e. The van der Waals surface area contributed by atoms with Crippen LogP contribution in [0.4, 0.5) is 0 Å². The highest BCUT2D eigenvalue weighted by molar-refractivity contribution is 9.10. The van der Waals surface area contributed by atoms with Gasteiger partial charge in [0.25, 0.3) is 0 Å². The van der Waals surface area contributed by atoms with Gasteiger partial charge in [-0.2, -0.15) is 0 Å². The van der Waals surface area contributed by atoms with E-state index in [1.165, 1.54) is 0 Å². The predicted octanol–water partition coefficient (Wildman–Crippen LogP) is 4.27. The lowest BCUT2D eigenvalue weighted by Gasteiger charge is -2.05. The number of fused-ring (bicyclic) bond motifs is 3. The molecule has 1 aliphatic carbocycles. The van der Waals surface area contributed by atoms with Crippen molar-refractivity contribution in [3.8, 4) is 11.1 Å². The molecular formula is C13H8Br2O. The van der Waals surface area contributed by atoms with Crippen LogP contribution in [0.25, 0.3) is 11.1 Å². The average Bonchev–Trinajstić information content (AvgIpc) is 2.53. The fourth-order valence-electron chi connectivity index (χ4n) is 2.18. The first-order valence-electron chi connectivity index (χ1n) is 4.94. The molecule has 3 heteroatoms. The normalized spacial score (nSPS) is 13.7. The second kappa shape index (κ2) is 3.69. The first-order valence-corrected chi connectivity index (χ1v) is 6.53. The highest BCUT2D eigenvalue weighted by Crippen LogP contribution is 2.44. The van der Waals surface area contributed by atoms with E-state index >= 15 is 0 Å². The number of aliphatic hydroxyl groups is 1. The van der Waals surface area contributed by atoms with Crippen LogP contribution < -0.4 is 0 Å². The number of benzene rings is 2. The second-order valence-corrected chi connectivity index (χ2v) is 5.70. The third-order valence-corrected chi connectivity index (χ3v) is 3.89. The first-order chi connectivity index (χ1) is 7.66. The molecule has 0 aliphatic heterocycles. The lowest BCUT2D eigenvalue weighted by atomic mass is 10.1. The summed E-state index contributed by atoms with van der Waals surface area (Å²) in [5.74, 6) is 0. The van der Waals surface area contributed by atoms with Crippen molar-refractivity contribution in [1.29, 1.82) is 0 Å². The van der Waals surface area contributed by atoms with Gasteiger partial charge in [0.1, 0.15) is 6.10 Å². The van der Waals surface area contributed by atoms with Gasteiger partial charge in [0, 0.05) is 8.95 Å². The van der Waals surface area contributed by atoms with Gasteiger partial charge >= 0.3 is 0 Å². The van der Waals surface area contributed by atoms with Gasteiger partial charge in [-0.25, -0.2) is 0 Å². The number of hydrogen-bond donors (Lipinski definition) is 1. The zero-order valence-electron chi connectivity index (χ0n) is 8.24. The van der Waals surface area contributed by atoms with Gasteiger partial charge in [-0.05, 0) is 46.5 Å². The van der Waals surface area contributed by atoms with E-state index in [1.807, 2.05) is 36.4 Å². The Morgan fingerprint density at radius 2 is 1.25 bits per heavy atom. The zero-order chi connectivity index (χ0) is 11.3. The highest BCUT2D eigenvalue weighted by atomic mass is 79.9. The predicted molar refractivity (Wildman–Crippen MR) is 71.3 cm³/mol. The summed E-state index contributed by atoms with van der Waals surface area (Å²) in [6, 6.07) is 12.1. The minimum absolute atomic E-state index is 0.514. The summed E-state index contributed by atoms with van der Waals surface area (Å²) in [7, 11) is 0. The Kier molecular flexibility index (Phi) is 2.42. The van der Waals surface area contributed by atoms with E-state index in [0.717, 1.165) is 31.2 Å². The van der Waals surface area contributed by atoms with Crippen LogP contribution in [-0.2, 0) is 0 Å². The highest BCUT2D eigenvalue weighted by Gasteiger charge is 2.26. The monoisotopic (exact) mass is 338 g/mol. The fraction of sp³-hybridized carbons (Fsp3) is 0.0769. The van der Waals surface area contributed by atoms with Crippen molar-refractivity contribution in [1.82, 2.24) is 0 Å². The summed E-state index contributed by atoms with van der Waals surface area (Å²) >= 11 is 6.86. The molecule has 0 amide bonds. The lowest BCUT2D eigenvalue weighted by Crippen LogP contribution is -1.93. The lowest BCUT2D eigenvalue weighted by molar-refractivity contribution is 0.225. The zero-order valence-corrected chi connectivity index (χ0v) is 11.4. The molecule has 16 heavy (non-hydrogen) atoms. The van der Waals surface area contributed by atoms with Gasteiger partial charge < -0.3 is 5.11 Å². The molecule has 80 valence electrons. The van der Waals surface area contributed by atoms with Gasteiger partial charge in [-0.1, -0.05) is 44.0 Å². The van der Waals surface area contributed by atoms with Crippen LogP contribution in [0, 0.1) is 0 Å². The Labute approximate surface area is 110 Å². The van der Waals surface area contributed by atoms with Crippen molar-refractivity contribution in [2.24, 2.45) is 0 Å². The Hall–Kier alpha value is -0.640. The molecule has 0 unspecified atom stereocenters. The number of hydrogen-bond acceptors (Lipinski definition) is 1. The first kappa shape index (κ1) is 10.5. The SMILES string of the molecule is OC1c2cc(Br)ccc2-c2ccc(Br)cc21. The molecule has 0 saturated heterocycles. The minimum atomic E-state index is -0.514. The number of halogens is 2. The summed E-state index contributed by atoms with van der Waals surface area (Å²) in [5, 5.41) is 10.2. The molecule has 0 bridgehead atoms. The fourth-order valence-corrected chi connectivity index (χ4v) is 2.94. The van der Waals surface area contributed by atoms with Crippen molar-refractivity contribution in [3.05, 3.63) is 56.5 Å². The van der Waals surface area contributed by atoms with Gasteiger partial charge in [0.2, 0.25) is 0 Å². The van der Waals surface area contributed by atoms with Crippen LogP contribution in [0.2, 0.25) is 0 Å². The van der Waals surface area contributed by atoms with Crippen LogP contribution in [0.15, 0.2) is 45.3 Å². The van der Waals surface area contributed by atoms with Crippen LogP contribution in [0.5, 0.6) is 0 Å². The van der Waals surface area contributed by atoms with Crippen molar-refractivity contribution < 1.29 is 5.11 Å². The van der Waals surface area contributed by atoms with Crippen LogP contribution in [-0.4, -0.2) is 5.11 Å². The van der Waals surface area contributed by atoms with Crippen LogP contribution in [0.3, 0.4) is 0 Å². The van der Waals surface area contributed by atoms with E-state index in [9.17, 15) is 5.11 Å². The molecule has 0 radical (unpaired) electrons. The van der Waals surface area contributed by atoms with E-state index in [2.05, 4.69) is 31.9 Å². The van der Waals surface area contributed by atoms with Gasteiger partial charge in [-0.15, -0.1) is 0 Å². The third-order valence-electron chi connectivity index (χ3n) is 2.91. The standard InChI is InChI=1S/C13H8Br2O/c14-7-1-3-9-10-4-2-8(15)6-12(10)13(16)11(9)5-7/h1-6,13,16H. The van der Waals surface area contributed by atoms with Gasteiger partial charge in [0.05, 0.1) is 0 Å². The van der Waals surface area contributed by atoms with Crippen molar-refractivity contribution in [3.63, 3.8) is 0 Å². The summed E-state index contributed by atoms with van der Waals surface area (Å²) in [4.78, 5) is 0. The van der Waals surface area contributed by atoms with Crippen molar-refractivity contribution in [2.75, 3.05) is 0 Å². The molecule has 0 aromatic heterocycles. The third kappa shape index (κ3) is 1.46. The molecule has 0 heterocycles. The average molecular weight is 340 g/mol. The van der Waals surface area contributed by atoms with E-state index < -0.39 is 6.10 Å². The minimum Gasteiger partial charge on any atom is -0.384 e. The van der Waals surface area contributed by atoms with Crippen LogP contribution in [0.1, 0.15) is 17.2 Å². The Morgan fingerprint density at radius 1 is 0.812 bits per heavy atom. The second-order valence-electron chi connectivity index (χ2n) is 3.87. The maximum Gasteiger partial charge on any atom is 0.105 e. The van der Waals surface area contributed by atoms with E-state index in [4.69, 9.17) is 0 Å². The molecule has 1 N–H and O–H groups in total. The molecule has 0 fully saturated rings. The maximum atomic E-state index is 10.2. The molecule has 2 aromatic carbocycles. The number of rotatable bonds is 0. The molecular weight excluding hydrogens is 332 g/mol. The molecule has 1 aliphatic rings. The summed E-state index contributed by atoms with van der Waals surface area (Å²) in [6.07, 6.45) is -0.514. The molecule has 0 atom stereocenters. The molecule has 3 rings (SSSR count). The molecule has 2 aromatic rings. The Balaban J connectivity index is 2.30. The van der Waals surface area contributed by atoms with Crippen molar-refractivity contribution >= 4 is 31.9 Å². The summed E-state index contributed by atoms with van der Waals surface area (Å²) < 4.78 is 1.99. The van der Waals surface area contributed by atoms with Gasteiger partial charge in [-0.3, -0.25) is 0 Å². The van der Waals surface area contributed by atoms with E-state index in [1.54, 1.807) is 0 Å². The topological polar surface area (TPSA) is 20.2 Å². The maximum absolute atomic E-state index is 10.2. The molecule has 0 saturated carbocycles. The summed E-state index contributed by atoms with van der Waals surface area (Å²) in [6.45, 7) is 0. The largest absolute Gasteiger partial charge is 0.384 e.